The van der Waals surface area contributed by atoms with E-state index >= 15 is 0 Å². The van der Waals surface area contributed by atoms with Gasteiger partial charge in [0.25, 0.3) is 0 Å². The third kappa shape index (κ3) is 3.01. The third-order valence-electron chi connectivity index (χ3n) is 1.72. The number of nitrogens with one attached hydrogen (secondary N) is 2. The van der Waals surface area contributed by atoms with E-state index in [1.807, 2.05) is 5.32 Å². The highest BCUT2D eigenvalue weighted by atomic mass is 19.1. The van der Waals surface area contributed by atoms with Crippen molar-refractivity contribution in [2.24, 2.45) is 0 Å². The standard InChI is InChI=1S/C10H10F2N2O2/c1-2-13-9(15)10(16)14-8-5-6(11)3-4-7(8)12/h3-5H,2H2,1H3,(H,13,15)(H,14,16). The maximum atomic E-state index is 13.1. The van der Waals surface area contributed by atoms with Crippen LogP contribution in [0.3, 0.4) is 0 Å². The third-order valence-corrected chi connectivity index (χ3v) is 1.72. The molecule has 0 unspecified atom stereocenters. The van der Waals surface area contributed by atoms with Gasteiger partial charge in [-0.15, -0.1) is 0 Å². The molecule has 0 atom stereocenters. The summed E-state index contributed by atoms with van der Waals surface area (Å²) in [5.41, 5.74) is -0.365. The van der Waals surface area contributed by atoms with E-state index in [1.54, 1.807) is 6.92 Å². The molecule has 86 valence electrons. The second-order valence-electron chi connectivity index (χ2n) is 2.94. The molecule has 0 saturated carbocycles. The average Bonchev–Trinajstić information content (AvgIpc) is 2.23. The molecule has 0 fully saturated rings. The molecule has 0 spiro atoms. The summed E-state index contributed by atoms with van der Waals surface area (Å²) in [6.07, 6.45) is 0. The minimum atomic E-state index is -1.04. The van der Waals surface area contributed by atoms with Crippen LogP contribution in [0.25, 0.3) is 0 Å². The Morgan fingerprint density at radius 1 is 1.25 bits per heavy atom. The molecule has 0 aliphatic heterocycles. The summed E-state index contributed by atoms with van der Waals surface area (Å²) in [4.78, 5) is 22.2. The molecule has 2 N–H and O–H groups in total. The molecular weight excluding hydrogens is 218 g/mol. The molecule has 0 aliphatic carbocycles. The van der Waals surface area contributed by atoms with Gasteiger partial charge in [0, 0.05) is 12.6 Å². The molecule has 1 aromatic rings. The average molecular weight is 228 g/mol. The van der Waals surface area contributed by atoms with Crippen LogP contribution in [-0.2, 0) is 9.59 Å². The van der Waals surface area contributed by atoms with E-state index in [2.05, 4.69) is 5.32 Å². The molecule has 0 aliphatic rings. The van der Waals surface area contributed by atoms with Crippen LogP contribution in [0.1, 0.15) is 6.92 Å². The Morgan fingerprint density at radius 3 is 2.56 bits per heavy atom. The zero-order chi connectivity index (χ0) is 12.1. The van der Waals surface area contributed by atoms with E-state index in [9.17, 15) is 18.4 Å². The highest BCUT2D eigenvalue weighted by Crippen LogP contribution is 2.14. The molecule has 0 saturated heterocycles. The van der Waals surface area contributed by atoms with Crippen LogP contribution in [-0.4, -0.2) is 18.4 Å². The first kappa shape index (κ1) is 12.1. The van der Waals surface area contributed by atoms with E-state index in [0.29, 0.717) is 0 Å². The number of benzene rings is 1. The predicted octanol–water partition coefficient (Wildman–Crippen LogP) is 1.04. The SMILES string of the molecule is CCNC(=O)C(=O)Nc1cc(F)ccc1F. The highest BCUT2D eigenvalue weighted by molar-refractivity contribution is 6.39. The summed E-state index contributed by atoms with van der Waals surface area (Å²) in [7, 11) is 0. The van der Waals surface area contributed by atoms with Crippen molar-refractivity contribution in [2.75, 3.05) is 11.9 Å². The molecule has 0 bridgehead atoms. The molecule has 16 heavy (non-hydrogen) atoms. The topological polar surface area (TPSA) is 58.2 Å². The van der Waals surface area contributed by atoms with E-state index in [1.165, 1.54) is 0 Å². The maximum absolute atomic E-state index is 13.1. The van der Waals surface area contributed by atoms with Crippen molar-refractivity contribution in [3.8, 4) is 0 Å². The molecule has 0 radical (unpaired) electrons. The Labute approximate surface area is 90.6 Å². The lowest BCUT2D eigenvalue weighted by molar-refractivity contribution is -0.136. The fraction of sp³-hybridized carbons (Fsp3) is 0.200. The lowest BCUT2D eigenvalue weighted by Gasteiger charge is -2.05. The predicted molar refractivity (Wildman–Crippen MR) is 53.7 cm³/mol. The van der Waals surface area contributed by atoms with E-state index in [4.69, 9.17) is 0 Å². The number of halogens is 2. The Morgan fingerprint density at radius 2 is 1.94 bits per heavy atom. The normalized spacial score (nSPS) is 9.69. The van der Waals surface area contributed by atoms with Gasteiger partial charge in [-0.25, -0.2) is 8.78 Å². The largest absolute Gasteiger partial charge is 0.348 e. The van der Waals surface area contributed by atoms with Gasteiger partial charge in [0.15, 0.2) is 0 Å². The second-order valence-corrected chi connectivity index (χ2v) is 2.94. The van der Waals surface area contributed by atoms with Gasteiger partial charge in [-0.2, -0.15) is 0 Å². The molecular formula is C10H10F2N2O2. The van der Waals surface area contributed by atoms with Crippen LogP contribution < -0.4 is 10.6 Å². The van der Waals surface area contributed by atoms with E-state index in [-0.39, 0.29) is 12.2 Å². The number of hydrogen-bond acceptors (Lipinski definition) is 2. The molecule has 0 aromatic heterocycles. The highest BCUT2D eigenvalue weighted by Gasteiger charge is 2.14. The van der Waals surface area contributed by atoms with Crippen LogP contribution >= 0.6 is 0 Å². The minimum absolute atomic E-state index is 0.276. The fourth-order valence-electron chi connectivity index (χ4n) is 1.01. The fourth-order valence-corrected chi connectivity index (χ4v) is 1.01. The van der Waals surface area contributed by atoms with Gasteiger partial charge >= 0.3 is 11.8 Å². The van der Waals surface area contributed by atoms with Crippen molar-refractivity contribution in [1.82, 2.24) is 5.32 Å². The van der Waals surface area contributed by atoms with Crippen molar-refractivity contribution in [2.45, 2.75) is 6.92 Å². The zero-order valence-corrected chi connectivity index (χ0v) is 8.51. The van der Waals surface area contributed by atoms with Gasteiger partial charge in [0.2, 0.25) is 0 Å². The minimum Gasteiger partial charge on any atom is -0.348 e. The Hall–Kier alpha value is -1.98. The second kappa shape index (κ2) is 5.20. The molecule has 1 aromatic carbocycles. The summed E-state index contributed by atoms with van der Waals surface area (Å²) < 4.78 is 25.8. The zero-order valence-electron chi connectivity index (χ0n) is 8.51. The van der Waals surface area contributed by atoms with E-state index in [0.717, 1.165) is 18.2 Å². The molecule has 4 nitrogen and oxygen atoms in total. The first-order chi connectivity index (χ1) is 7.54. The number of likely N-dealkylation sites (N-methyl/N-ethyl adjacent to an activating group) is 1. The van der Waals surface area contributed by atoms with Gasteiger partial charge in [-0.3, -0.25) is 9.59 Å². The van der Waals surface area contributed by atoms with Crippen molar-refractivity contribution >= 4 is 17.5 Å². The summed E-state index contributed by atoms with van der Waals surface area (Å²) in [6, 6.07) is 2.58. The van der Waals surface area contributed by atoms with E-state index < -0.39 is 23.4 Å². The van der Waals surface area contributed by atoms with Crippen molar-refractivity contribution < 1.29 is 18.4 Å². The smallest absolute Gasteiger partial charge is 0.313 e. The number of hydrogen-bond donors (Lipinski definition) is 2. The van der Waals surface area contributed by atoms with Crippen LogP contribution in [0.5, 0.6) is 0 Å². The molecule has 6 heteroatoms. The number of rotatable bonds is 2. The number of carbonyl (C=O) groups excluding carboxylic acids is 2. The Balaban J connectivity index is 2.76. The van der Waals surface area contributed by atoms with Gasteiger partial charge < -0.3 is 10.6 Å². The summed E-state index contributed by atoms with van der Waals surface area (Å²) >= 11 is 0. The van der Waals surface area contributed by atoms with Crippen molar-refractivity contribution in [3.05, 3.63) is 29.8 Å². The quantitative estimate of drug-likeness (QED) is 0.743. The lowest BCUT2D eigenvalue weighted by Crippen LogP contribution is -2.35. The number of anilines is 1. The molecule has 2 amide bonds. The summed E-state index contributed by atoms with van der Waals surface area (Å²) in [5, 5.41) is 4.20. The van der Waals surface area contributed by atoms with Crippen LogP contribution in [0, 0.1) is 11.6 Å². The monoisotopic (exact) mass is 228 g/mol. The maximum Gasteiger partial charge on any atom is 0.313 e. The number of carbonyl (C=O) groups is 2. The number of amides is 2. The lowest BCUT2D eigenvalue weighted by atomic mass is 10.3. The Bertz CT molecular complexity index is 421. The molecule has 0 heterocycles. The van der Waals surface area contributed by atoms with Crippen molar-refractivity contribution in [3.63, 3.8) is 0 Å². The summed E-state index contributed by atoms with van der Waals surface area (Å²) in [5.74, 6) is -3.44. The van der Waals surface area contributed by atoms with Gasteiger partial charge in [0.05, 0.1) is 5.69 Å². The van der Waals surface area contributed by atoms with Crippen LogP contribution in [0.2, 0.25) is 0 Å². The van der Waals surface area contributed by atoms with Gasteiger partial charge in [0.1, 0.15) is 11.6 Å². The first-order valence-corrected chi connectivity index (χ1v) is 4.58. The van der Waals surface area contributed by atoms with Crippen LogP contribution in [0.4, 0.5) is 14.5 Å². The van der Waals surface area contributed by atoms with Gasteiger partial charge in [-0.05, 0) is 19.1 Å². The Kier molecular flexibility index (Phi) is 3.93. The summed E-state index contributed by atoms with van der Waals surface area (Å²) in [6.45, 7) is 1.91. The first-order valence-electron chi connectivity index (χ1n) is 4.58. The van der Waals surface area contributed by atoms with Crippen LogP contribution in [0.15, 0.2) is 18.2 Å². The van der Waals surface area contributed by atoms with Crippen molar-refractivity contribution in [1.29, 1.82) is 0 Å². The molecule has 1 rings (SSSR count). The van der Waals surface area contributed by atoms with Gasteiger partial charge in [-0.1, -0.05) is 0 Å².